The van der Waals surface area contributed by atoms with E-state index >= 15 is 0 Å². The van der Waals surface area contributed by atoms with Crippen molar-refractivity contribution in [3.8, 4) is 0 Å². The number of hydrogen-bond donors (Lipinski definition) is 0. The second kappa shape index (κ2) is 7.90. The van der Waals surface area contributed by atoms with E-state index < -0.39 is 22.5 Å². The number of fused-ring (bicyclic) bond motifs is 2. The van der Waals surface area contributed by atoms with Gasteiger partial charge in [-0.25, -0.2) is 9.79 Å². The third-order valence-corrected chi connectivity index (χ3v) is 6.87. The van der Waals surface area contributed by atoms with Crippen LogP contribution in [0.2, 0.25) is 0 Å². The zero-order valence-electron chi connectivity index (χ0n) is 15.6. The van der Waals surface area contributed by atoms with E-state index in [-0.39, 0.29) is 0 Å². The Bertz CT molecular complexity index is 876. The van der Waals surface area contributed by atoms with Crippen molar-refractivity contribution < 1.29 is 14.3 Å². The number of ether oxygens (including phenoxy) is 2. The maximum absolute atomic E-state index is 13.3. The predicted molar refractivity (Wildman–Crippen MR) is 112 cm³/mol. The first-order valence-electron chi connectivity index (χ1n) is 9.51. The fourth-order valence-electron chi connectivity index (χ4n) is 3.63. The molecule has 2 bridgehead atoms. The Hall–Kier alpha value is -1.82. The van der Waals surface area contributed by atoms with Crippen LogP contribution in [0.3, 0.4) is 0 Å². The molecule has 5 rings (SSSR count). The Kier molecular flexibility index (Phi) is 5.50. The number of benzene rings is 2. The van der Waals surface area contributed by atoms with Gasteiger partial charge in [-0.15, -0.1) is 0 Å². The molecule has 0 aliphatic carbocycles. The summed E-state index contributed by atoms with van der Waals surface area (Å²) in [5.74, 6) is -0.401. The Morgan fingerprint density at radius 2 is 1.86 bits per heavy atom. The lowest BCUT2D eigenvalue weighted by Gasteiger charge is -2.51. The number of esters is 1. The molecule has 1 saturated heterocycles. The lowest BCUT2D eigenvalue weighted by Crippen LogP contribution is -2.64. The molecule has 0 radical (unpaired) electrons. The van der Waals surface area contributed by atoms with E-state index in [4.69, 9.17) is 26.1 Å². The minimum absolute atomic E-state index is 0.303. The molecule has 3 heterocycles. The fourth-order valence-corrected chi connectivity index (χ4v) is 5.23. The van der Waals surface area contributed by atoms with Gasteiger partial charge in [0.2, 0.25) is 4.87 Å². The summed E-state index contributed by atoms with van der Waals surface area (Å²) in [7, 11) is 0. The number of carbonyl (C=O) groups excluding carboxylic acids is 1. The van der Waals surface area contributed by atoms with Crippen LogP contribution in [0.1, 0.15) is 31.7 Å². The average Bonchev–Trinajstić information content (AvgIpc) is 2.72. The number of hydrogen-bond acceptors (Lipinski definition) is 5. The van der Waals surface area contributed by atoms with Gasteiger partial charge in [-0.2, -0.15) is 0 Å². The normalized spacial score (nSPS) is 28.7. The summed E-state index contributed by atoms with van der Waals surface area (Å²) in [6.07, 6.45) is 1.97. The van der Waals surface area contributed by atoms with Crippen LogP contribution in [0.25, 0.3) is 0 Å². The van der Waals surface area contributed by atoms with Gasteiger partial charge in [0.15, 0.2) is 10.8 Å². The van der Waals surface area contributed by atoms with Crippen molar-refractivity contribution in [1.82, 2.24) is 0 Å². The maximum atomic E-state index is 13.3. The molecule has 2 aromatic carbocycles. The van der Waals surface area contributed by atoms with Crippen molar-refractivity contribution in [2.45, 2.75) is 47.7 Å². The standard InChI is InChI=1S/C22H22ClNO3S/c1-2-3-14-26-18-15-21(16-10-6-4-7-11-16)19(23)24-22(18,20(25)27-21)28-17-12-8-5-9-13-17/h4-13,18H,2-3,14-15H2,1H3/t18-,21+,22+/m0/s1. The summed E-state index contributed by atoms with van der Waals surface area (Å²) in [5.41, 5.74) is -0.255. The van der Waals surface area contributed by atoms with Gasteiger partial charge in [0, 0.05) is 23.5 Å². The number of nitrogens with zero attached hydrogens (tertiary/aromatic N) is 1. The quantitative estimate of drug-likeness (QED) is 0.463. The molecule has 1 fully saturated rings. The van der Waals surface area contributed by atoms with Gasteiger partial charge in [0.05, 0.1) is 0 Å². The molecule has 6 heteroatoms. The Balaban J connectivity index is 1.77. The molecule has 146 valence electrons. The van der Waals surface area contributed by atoms with Gasteiger partial charge in [0.25, 0.3) is 0 Å². The van der Waals surface area contributed by atoms with Gasteiger partial charge in [-0.05, 0) is 18.6 Å². The lowest BCUT2D eigenvalue weighted by molar-refractivity contribution is -0.181. The van der Waals surface area contributed by atoms with Crippen LogP contribution >= 0.6 is 23.4 Å². The molecular weight excluding hydrogens is 394 g/mol. The molecule has 3 aliphatic rings. The van der Waals surface area contributed by atoms with E-state index in [1.165, 1.54) is 11.8 Å². The molecule has 0 amide bonds. The second-order valence-corrected chi connectivity index (χ2v) is 8.67. The van der Waals surface area contributed by atoms with E-state index in [9.17, 15) is 4.79 Å². The van der Waals surface area contributed by atoms with Crippen molar-refractivity contribution in [3.05, 3.63) is 66.2 Å². The summed E-state index contributed by atoms with van der Waals surface area (Å²) in [6, 6.07) is 19.3. The highest BCUT2D eigenvalue weighted by atomic mass is 35.5. The molecule has 0 saturated carbocycles. The van der Waals surface area contributed by atoms with Gasteiger partial charge < -0.3 is 9.47 Å². The van der Waals surface area contributed by atoms with Crippen molar-refractivity contribution in [2.75, 3.05) is 6.61 Å². The molecule has 2 aromatic rings. The Morgan fingerprint density at radius 3 is 2.54 bits per heavy atom. The highest BCUT2D eigenvalue weighted by Crippen LogP contribution is 2.54. The minimum Gasteiger partial charge on any atom is -0.444 e. The molecule has 0 unspecified atom stereocenters. The molecule has 3 aliphatic heterocycles. The predicted octanol–water partition coefficient (Wildman–Crippen LogP) is 5.15. The van der Waals surface area contributed by atoms with Crippen LogP contribution in [-0.4, -0.2) is 28.7 Å². The number of halogens is 1. The summed E-state index contributed by atoms with van der Waals surface area (Å²) in [4.78, 5) is 17.7. The molecule has 28 heavy (non-hydrogen) atoms. The van der Waals surface area contributed by atoms with Gasteiger partial charge >= 0.3 is 5.97 Å². The average molecular weight is 416 g/mol. The van der Waals surface area contributed by atoms with Gasteiger partial charge in [-0.3, -0.25) is 0 Å². The fraction of sp³-hybridized carbons (Fsp3) is 0.364. The highest BCUT2D eigenvalue weighted by molar-refractivity contribution is 8.01. The van der Waals surface area contributed by atoms with Crippen LogP contribution in [0.15, 0.2) is 70.6 Å². The van der Waals surface area contributed by atoms with E-state index in [2.05, 4.69) is 6.92 Å². The third-order valence-electron chi connectivity index (χ3n) is 5.14. The first-order valence-corrected chi connectivity index (χ1v) is 10.7. The topological polar surface area (TPSA) is 47.9 Å². The van der Waals surface area contributed by atoms with E-state index in [1.54, 1.807) is 0 Å². The van der Waals surface area contributed by atoms with Crippen molar-refractivity contribution in [3.63, 3.8) is 0 Å². The lowest BCUT2D eigenvalue weighted by atomic mass is 9.81. The van der Waals surface area contributed by atoms with Crippen LogP contribution in [-0.2, 0) is 19.9 Å². The van der Waals surface area contributed by atoms with E-state index in [1.807, 2.05) is 60.7 Å². The zero-order valence-corrected chi connectivity index (χ0v) is 17.2. The number of aliphatic imine (C=N–C) groups is 1. The van der Waals surface area contributed by atoms with E-state index in [0.29, 0.717) is 18.2 Å². The largest absolute Gasteiger partial charge is 0.444 e. The number of rotatable bonds is 7. The summed E-state index contributed by atoms with van der Waals surface area (Å²) < 4.78 is 12.2. The van der Waals surface area contributed by atoms with Gasteiger partial charge in [0.1, 0.15) is 6.10 Å². The van der Waals surface area contributed by atoms with Crippen LogP contribution in [0.5, 0.6) is 0 Å². The molecule has 3 atom stereocenters. The smallest absolute Gasteiger partial charge is 0.349 e. The highest BCUT2D eigenvalue weighted by Gasteiger charge is 2.65. The summed E-state index contributed by atoms with van der Waals surface area (Å²) >= 11 is 8.01. The van der Waals surface area contributed by atoms with Crippen molar-refractivity contribution in [1.29, 1.82) is 0 Å². The molecule has 4 nitrogen and oxygen atoms in total. The first kappa shape index (κ1) is 19.5. The van der Waals surface area contributed by atoms with Gasteiger partial charge in [-0.1, -0.05) is 85.2 Å². The Labute approximate surface area is 174 Å². The third kappa shape index (κ3) is 3.25. The van der Waals surface area contributed by atoms with Crippen molar-refractivity contribution in [2.24, 2.45) is 4.99 Å². The van der Waals surface area contributed by atoms with Crippen LogP contribution < -0.4 is 0 Å². The number of carbonyl (C=O) groups is 1. The van der Waals surface area contributed by atoms with Crippen LogP contribution in [0, 0.1) is 0 Å². The van der Waals surface area contributed by atoms with Crippen LogP contribution in [0.4, 0.5) is 0 Å². The Morgan fingerprint density at radius 1 is 1.18 bits per heavy atom. The molecular formula is C22H22ClNO3S. The number of unbranched alkanes of at least 4 members (excludes halogenated alkanes) is 1. The second-order valence-electron chi connectivity index (χ2n) is 7.01. The molecule has 0 aromatic heterocycles. The monoisotopic (exact) mass is 415 g/mol. The number of thioether (sulfide) groups is 1. The summed E-state index contributed by atoms with van der Waals surface area (Å²) in [6.45, 7) is 2.68. The molecule has 0 N–H and O–H groups in total. The zero-order chi connectivity index (χ0) is 19.6. The van der Waals surface area contributed by atoms with Crippen molar-refractivity contribution >= 4 is 34.5 Å². The van der Waals surface area contributed by atoms with E-state index in [0.717, 1.165) is 23.3 Å². The SMILES string of the molecule is CCCCO[C@H]1C[C@]2(c3ccccc3)OC(=O)[C@@]1(Sc1ccccc1)N=C2Cl. The first-order chi connectivity index (χ1) is 13.6. The minimum atomic E-state index is -1.22. The summed E-state index contributed by atoms with van der Waals surface area (Å²) in [5, 5.41) is 0.303. The maximum Gasteiger partial charge on any atom is 0.349 e. The molecule has 0 spiro atoms.